The number of carbonyl (C=O) groups excluding carboxylic acids is 1. The van der Waals surface area contributed by atoms with Crippen LogP contribution in [0.2, 0.25) is 0 Å². The molecule has 6 heteroatoms. The van der Waals surface area contributed by atoms with Crippen LogP contribution < -0.4 is 15.5 Å². The van der Waals surface area contributed by atoms with Crippen LogP contribution in [-0.2, 0) is 6.54 Å². The Balaban J connectivity index is 1.49. The van der Waals surface area contributed by atoms with Crippen molar-refractivity contribution in [2.75, 3.05) is 29.5 Å². The lowest BCUT2D eigenvalue weighted by Gasteiger charge is -2.23. The first-order valence-corrected chi connectivity index (χ1v) is 10.3. The maximum Gasteiger partial charge on any atom is 0.315 e. The average molecular weight is 349 g/mol. The highest BCUT2D eigenvalue weighted by Gasteiger charge is 2.16. The molecule has 0 aromatic carbocycles. The molecule has 3 rings (SSSR count). The monoisotopic (exact) mass is 348 g/mol. The quantitative estimate of drug-likeness (QED) is 0.877. The molecule has 3 heterocycles. The number of pyridine rings is 1. The van der Waals surface area contributed by atoms with Gasteiger partial charge in [0, 0.05) is 37.6 Å². The molecule has 24 heavy (non-hydrogen) atoms. The summed E-state index contributed by atoms with van der Waals surface area (Å²) in [6.07, 6.45) is 9.26. The van der Waals surface area contributed by atoms with Crippen molar-refractivity contribution >= 4 is 23.6 Å². The summed E-state index contributed by atoms with van der Waals surface area (Å²) in [7, 11) is 0. The fourth-order valence-electron chi connectivity index (χ4n) is 3.32. The molecule has 2 fully saturated rings. The Labute approximate surface area is 149 Å². The van der Waals surface area contributed by atoms with Gasteiger partial charge in [0.25, 0.3) is 0 Å². The van der Waals surface area contributed by atoms with Crippen molar-refractivity contribution in [3.05, 3.63) is 23.9 Å². The van der Waals surface area contributed by atoms with E-state index >= 15 is 0 Å². The van der Waals surface area contributed by atoms with Gasteiger partial charge in [-0.2, -0.15) is 11.8 Å². The maximum absolute atomic E-state index is 12.1. The van der Waals surface area contributed by atoms with Crippen molar-refractivity contribution in [3.63, 3.8) is 0 Å². The van der Waals surface area contributed by atoms with Gasteiger partial charge in [-0.1, -0.05) is 12.8 Å². The van der Waals surface area contributed by atoms with Gasteiger partial charge in [0.05, 0.1) is 0 Å². The van der Waals surface area contributed by atoms with Crippen molar-refractivity contribution in [3.8, 4) is 0 Å². The van der Waals surface area contributed by atoms with Crippen molar-refractivity contribution in [2.45, 2.75) is 51.1 Å². The number of thioether (sulfide) groups is 1. The van der Waals surface area contributed by atoms with Crippen LogP contribution in [0, 0.1) is 0 Å². The van der Waals surface area contributed by atoms with Gasteiger partial charge in [-0.15, -0.1) is 0 Å². The second-order valence-corrected chi connectivity index (χ2v) is 7.81. The normalized spacial score (nSPS) is 21.8. The SMILES string of the molecule is O=C(NCc1ccnc(N2CCCCCC2)c1)N[C@@H]1CCCSC1. The predicted octanol–water partition coefficient (Wildman–Crippen LogP) is 3.16. The topological polar surface area (TPSA) is 57.3 Å². The van der Waals surface area contributed by atoms with Crippen LogP contribution in [-0.4, -0.2) is 41.7 Å². The van der Waals surface area contributed by atoms with E-state index in [1.165, 1.54) is 37.9 Å². The van der Waals surface area contributed by atoms with Gasteiger partial charge in [0.15, 0.2) is 0 Å². The molecular formula is C18H28N4OS. The van der Waals surface area contributed by atoms with E-state index in [4.69, 9.17) is 0 Å². The van der Waals surface area contributed by atoms with E-state index in [0.29, 0.717) is 12.6 Å². The van der Waals surface area contributed by atoms with E-state index in [0.717, 1.165) is 36.6 Å². The van der Waals surface area contributed by atoms with Gasteiger partial charge < -0.3 is 15.5 Å². The minimum absolute atomic E-state index is 0.0596. The average Bonchev–Trinajstić information content (AvgIpc) is 2.91. The molecule has 2 aliphatic rings. The minimum Gasteiger partial charge on any atom is -0.357 e. The predicted molar refractivity (Wildman–Crippen MR) is 101 cm³/mol. The van der Waals surface area contributed by atoms with Crippen LogP contribution in [0.4, 0.5) is 10.6 Å². The fourth-order valence-corrected chi connectivity index (χ4v) is 4.39. The molecule has 0 bridgehead atoms. The summed E-state index contributed by atoms with van der Waals surface area (Å²) in [5.41, 5.74) is 1.11. The third-order valence-electron chi connectivity index (χ3n) is 4.69. The second-order valence-electron chi connectivity index (χ2n) is 6.66. The fraction of sp³-hybridized carbons (Fsp3) is 0.667. The molecule has 0 unspecified atom stereocenters. The molecule has 1 aromatic rings. The number of hydrogen-bond donors (Lipinski definition) is 2. The van der Waals surface area contributed by atoms with Crippen molar-refractivity contribution in [2.24, 2.45) is 0 Å². The third-order valence-corrected chi connectivity index (χ3v) is 5.90. The Morgan fingerprint density at radius 3 is 2.83 bits per heavy atom. The number of nitrogens with one attached hydrogen (secondary N) is 2. The third kappa shape index (κ3) is 5.30. The summed E-state index contributed by atoms with van der Waals surface area (Å²) in [4.78, 5) is 19.0. The smallest absolute Gasteiger partial charge is 0.315 e. The molecule has 5 nitrogen and oxygen atoms in total. The highest BCUT2D eigenvalue weighted by Crippen LogP contribution is 2.18. The first-order valence-electron chi connectivity index (χ1n) is 9.13. The van der Waals surface area contributed by atoms with Gasteiger partial charge in [0.1, 0.15) is 5.82 Å². The molecule has 0 spiro atoms. The van der Waals surface area contributed by atoms with E-state index in [2.05, 4.69) is 26.6 Å². The maximum atomic E-state index is 12.1. The number of rotatable bonds is 4. The first kappa shape index (κ1) is 17.4. The van der Waals surface area contributed by atoms with Crippen LogP contribution in [0.1, 0.15) is 44.1 Å². The Bertz CT molecular complexity index is 526. The molecule has 2 amide bonds. The number of carbonyl (C=O) groups is 1. The number of nitrogens with zero attached hydrogens (tertiary/aromatic N) is 2. The number of hydrogen-bond acceptors (Lipinski definition) is 4. The lowest BCUT2D eigenvalue weighted by molar-refractivity contribution is 0.237. The zero-order chi connectivity index (χ0) is 16.6. The van der Waals surface area contributed by atoms with E-state index in [-0.39, 0.29) is 6.03 Å². The Morgan fingerprint density at radius 2 is 2.08 bits per heavy atom. The van der Waals surface area contributed by atoms with Gasteiger partial charge in [-0.25, -0.2) is 9.78 Å². The van der Waals surface area contributed by atoms with Gasteiger partial charge in [-0.05, 0) is 49.1 Å². The van der Waals surface area contributed by atoms with Crippen LogP contribution in [0.5, 0.6) is 0 Å². The molecule has 132 valence electrons. The molecule has 0 saturated carbocycles. The standard InChI is InChI=1S/C18H28N4OS/c23-18(21-16-6-5-11-24-14-16)20-13-15-7-8-19-17(12-15)22-9-3-1-2-4-10-22/h7-8,12,16H,1-6,9-11,13-14H2,(H2,20,21,23)/t16-/m1/s1. The lowest BCUT2D eigenvalue weighted by atomic mass is 10.2. The molecular weight excluding hydrogens is 320 g/mol. The zero-order valence-electron chi connectivity index (χ0n) is 14.3. The number of aromatic nitrogens is 1. The molecule has 2 N–H and O–H groups in total. The Morgan fingerprint density at radius 1 is 1.25 bits per heavy atom. The summed E-state index contributed by atoms with van der Waals surface area (Å²) in [5.74, 6) is 3.29. The van der Waals surface area contributed by atoms with E-state index in [1.807, 2.05) is 24.0 Å². The van der Waals surface area contributed by atoms with Crippen LogP contribution in [0.25, 0.3) is 0 Å². The van der Waals surface area contributed by atoms with Crippen molar-refractivity contribution < 1.29 is 4.79 Å². The summed E-state index contributed by atoms with van der Waals surface area (Å²) >= 11 is 1.92. The highest BCUT2D eigenvalue weighted by molar-refractivity contribution is 7.99. The summed E-state index contributed by atoms with van der Waals surface area (Å²) in [6, 6.07) is 4.35. The highest BCUT2D eigenvalue weighted by atomic mass is 32.2. The summed E-state index contributed by atoms with van der Waals surface area (Å²) in [5, 5.41) is 6.06. The van der Waals surface area contributed by atoms with Crippen molar-refractivity contribution in [1.82, 2.24) is 15.6 Å². The largest absolute Gasteiger partial charge is 0.357 e. The Hall–Kier alpha value is -1.43. The van der Waals surface area contributed by atoms with Crippen molar-refractivity contribution in [1.29, 1.82) is 0 Å². The number of amides is 2. The van der Waals surface area contributed by atoms with E-state index < -0.39 is 0 Å². The Kier molecular flexibility index (Phi) is 6.64. The lowest BCUT2D eigenvalue weighted by Crippen LogP contribution is -2.44. The molecule has 2 aliphatic heterocycles. The summed E-state index contributed by atoms with van der Waals surface area (Å²) < 4.78 is 0. The molecule has 2 saturated heterocycles. The van der Waals surface area contributed by atoms with Crippen LogP contribution in [0.15, 0.2) is 18.3 Å². The first-order chi connectivity index (χ1) is 11.8. The van der Waals surface area contributed by atoms with Gasteiger partial charge in [0.2, 0.25) is 0 Å². The molecule has 0 radical (unpaired) electrons. The van der Waals surface area contributed by atoms with Gasteiger partial charge in [-0.3, -0.25) is 0 Å². The van der Waals surface area contributed by atoms with E-state index in [1.54, 1.807) is 0 Å². The second kappa shape index (κ2) is 9.16. The molecule has 1 aromatic heterocycles. The zero-order valence-corrected chi connectivity index (χ0v) is 15.1. The molecule has 1 atom stereocenters. The number of urea groups is 1. The van der Waals surface area contributed by atoms with Gasteiger partial charge >= 0.3 is 6.03 Å². The summed E-state index contributed by atoms with van der Waals surface area (Å²) in [6.45, 7) is 2.72. The van der Waals surface area contributed by atoms with Crippen LogP contribution in [0.3, 0.4) is 0 Å². The minimum atomic E-state index is -0.0596. The van der Waals surface area contributed by atoms with Crippen LogP contribution >= 0.6 is 11.8 Å². The van der Waals surface area contributed by atoms with E-state index in [9.17, 15) is 4.79 Å². The number of anilines is 1. The molecule has 0 aliphatic carbocycles.